The smallest absolute Gasteiger partial charge is 0.0568 e. The summed E-state index contributed by atoms with van der Waals surface area (Å²) in [4.78, 5) is 2.43. The topological polar surface area (TPSA) is 33.1 Å². The molecule has 0 spiro atoms. The minimum atomic E-state index is 0.908. The zero-order valence-electron chi connectivity index (χ0n) is 13.1. The van der Waals surface area contributed by atoms with Crippen LogP contribution in [0.1, 0.15) is 13.8 Å². The largest absolute Gasteiger partial charge is 0.314 e. The molecule has 0 radical (unpaired) electrons. The summed E-state index contributed by atoms with van der Waals surface area (Å²) in [7, 11) is 0. The lowest BCUT2D eigenvalue weighted by Crippen LogP contribution is -2.33. The molecule has 1 aromatic heterocycles. The van der Waals surface area contributed by atoms with Gasteiger partial charge >= 0.3 is 0 Å². The lowest BCUT2D eigenvalue weighted by atomic mass is 10.1. The first-order valence-corrected chi connectivity index (χ1v) is 7.84. The van der Waals surface area contributed by atoms with E-state index in [9.17, 15) is 0 Å². The summed E-state index contributed by atoms with van der Waals surface area (Å²) in [5.74, 6) is 0. The molecule has 21 heavy (non-hydrogen) atoms. The Morgan fingerprint density at radius 3 is 2.52 bits per heavy atom. The molecule has 114 valence electrons. The van der Waals surface area contributed by atoms with Crippen molar-refractivity contribution in [3.05, 3.63) is 42.7 Å². The van der Waals surface area contributed by atoms with E-state index in [1.807, 2.05) is 16.9 Å². The summed E-state index contributed by atoms with van der Waals surface area (Å²) >= 11 is 0. The zero-order valence-corrected chi connectivity index (χ0v) is 13.1. The van der Waals surface area contributed by atoms with E-state index in [0.717, 1.165) is 39.3 Å². The molecule has 0 bridgehead atoms. The highest BCUT2D eigenvalue weighted by molar-refractivity contribution is 5.61. The van der Waals surface area contributed by atoms with Crippen LogP contribution in [0, 0.1) is 0 Å². The Hall–Kier alpha value is -1.65. The molecule has 0 fully saturated rings. The van der Waals surface area contributed by atoms with E-state index in [4.69, 9.17) is 0 Å². The summed E-state index contributed by atoms with van der Waals surface area (Å²) in [5, 5.41) is 7.90. The maximum absolute atomic E-state index is 4.42. The van der Waals surface area contributed by atoms with Crippen molar-refractivity contribution in [2.45, 2.75) is 20.4 Å². The van der Waals surface area contributed by atoms with E-state index in [1.165, 1.54) is 11.1 Å². The molecule has 0 saturated carbocycles. The van der Waals surface area contributed by atoms with Crippen molar-refractivity contribution in [2.24, 2.45) is 0 Å². The molecule has 0 atom stereocenters. The summed E-state index contributed by atoms with van der Waals surface area (Å²) < 4.78 is 2.01. The van der Waals surface area contributed by atoms with Gasteiger partial charge in [-0.3, -0.25) is 4.68 Å². The molecule has 4 nitrogen and oxygen atoms in total. The summed E-state index contributed by atoms with van der Waals surface area (Å²) in [6.07, 6.45) is 4.05. The van der Waals surface area contributed by atoms with Crippen molar-refractivity contribution in [2.75, 3.05) is 32.7 Å². The highest BCUT2D eigenvalue weighted by atomic mass is 15.3. The molecule has 0 amide bonds. The summed E-state index contributed by atoms with van der Waals surface area (Å²) in [5.41, 5.74) is 2.40. The van der Waals surface area contributed by atoms with E-state index in [0.29, 0.717) is 0 Å². The quantitative estimate of drug-likeness (QED) is 0.719. The minimum absolute atomic E-state index is 0.908. The van der Waals surface area contributed by atoms with Crippen molar-refractivity contribution < 1.29 is 0 Å². The van der Waals surface area contributed by atoms with Crippen LogP contribution in [-0.4, -0.2) is 47.4 Å². The normalized spacial score (nSPS) is 11.2. The third kappa shape index (κ3) is 4.99. The predicted molar refractivity (Wildman–Crippen MR) is 88.3 cm³/mol. The summed E-state index contributed by atoms with van der Waals surface area (Å²) in [6.45, 7) is 10.7. The Bertz CT molecular complexity index is 503. The second kappa shape index (κ2) is 8.60. The predicted octanol–water partition coefficient (Wildman–Crippen LogP) is 2.48. The van der Waals surface area contributed by atoms with Crippen molar-refractivity contribution in [3.63, 3.8) is 0 Å². The average Bonchev–Trinajstić information content (AvgIpc) is 3.01. The standard InChI is InChI=1S/C17H26N4/c1-3-20(4-2)12-10-18-11-13-21-15-17(14-19-21)16-8-6-5-7-9-16/h5-9,14-15,18H,3-4,10-13H2,1-2H3. The van der Waals surface area contributed by atoms with Crippen LogP contribution in [0.3, 0.4) is 0 Å². The van der Waals surface area contributed by atoms with Gasteiger partial charge in [0.05, 0.1) is 12.7 Å². The van der Waals surface area contributed by atoms with Crippen molar-refractivity contribution in [1.29, 1.82) is 0 Å². The first-order valence-electron chi connectivity index (χ1n) is 7.84. The van der Waals surface area contributed by atoms with Gasteiger partial charge < -0.3 is 10.2 Å². The molecule has 4 heteroatoms. The van der Waals surface area contributed by atoms with Gasteiger partial charge in [-0.2, -0.15) is 5.10 Å². The first-order chi connectivity index (χ1) is 10.3. The van der Waals surface area contributed by atoms with Gasteiger partial charge in [0, 0.05) is 31.4 Å². The molecule has 0 saturated heterocycles. The number of hydrogen-bond donors (Lipinski definition) is 1. The fraction of sp³-hybridized carbons (Fsp3) is 0.471. The van der Waals surface area contributed by atoms with Gasteiger partial charge in [-0.25, -0.2) is 0 Å². The lowest BCUT2D eigenvalue weighted by Gasteiger charge is -2.17. The number of nitrogens with one attached hydrogen (secondary N) is 1. The Morgan fingerprint density at radius 1 is 1.05 bits per heavy atom. The summed E-state index contributed by atoms with van der Waals surface area (Å²) in [6, 6.07) is 10.4. The van der Waals surface area contributed by atoms with Gasteiger partial charge in [-0.05, 0) is 18.7 Å². The van der Waals surface area contributed by atoms with Crippen LogP contribution in [0.25, 0.3) is 11.1 Å². The Labute approximate surface area is 127 Å². The molecular weight excluding hydrogens is 260 g/mol. The number of nitrogens with zero attached hydrogens (tertiary/aromatic N) is 3. The van der Waals surface area contributed by atoms with Crippen LogP contribution < -0.4 is 5.32 Å². The second-order valence-electron chi connectivity index (χ2n) is 5.13. The van der Waals surface area contributed by atoms with Crippen LogP contribution in [0.5, 0.6) is 0 Å². The Morgan fingerprint density at radius 2 is 1.81 bits per heavy atom. The van der Waals surface area contributed by atoms with Gasteiger partial charge in [0.25, 0.3) is 0 Å². The molecular formula is C17H26N4. The number of likely N-dealkylation sites (N-methyl/N-ethyl adjacent to an activating group) is 1. The molecule has 1 N–H and O–H groups in total. The van der Waals surface area contributed by atoms with Crippen molar-refractivity contribution >= 4 is 0 Å². The monoisotopic (exact) mass is 286 g/mol. The number of benzene rings is 1. The number of aromatic nitrogens is 2. The average molecular weight is 286 g/mol. The van der Waals surface area contributed by atoms with Crippen molar-refractivity contribution in [1.82, 2.24) is 20.0 Å². The van der Waals surface area contributed by atoms with Crippen molar-refractivity contribution in [3.8, 4) is 11.1 Å². The van der Waals surface area contributed by atoms with Crippen LogP contribution in [0.4, 0.5) is 0 Å². The SMILES string of the molecule is CCN(CC)CCNCCn1cc(-c2ccccc2)cn1. The van der Waals surface area contributed by atoms with E-state index >= 15 is 0 Å². The van der Waals surface area contributed by atoms with Crippen LogP contribution in [0.15, 0.2) is 42.7 Å². The maximum atomic E-state index is 4.42. The Balaban J connectivity index is 1.71. The molecule has 0 aliphatic rings. The van der Waals surface area contributed by atoms with Gasteiger partial charge in [0.1, 0.15) is 0 Å². The molecule has 2 rings (SSSR count). The zero-order chi connectivity index (χ0) is 14.9. The van der Waals surface area contributed by atoms with Crippen LogP contribution >= 0.6 is 0 Å². The van der Waals surface area contributed by atoms with Gasteiger partial charge in [0.15, 0.2) is 0 Å². The third-order valence-corrected chi connectivity index (χ3v) is 3.76. The number of rotatable bonds is 9. The van der Waals surface area contributed by atoms with E-state index in [1.54, 1.807) is 0 Å². The van der Waals surface area contributed by atoms with E-state index in [2.05, 4.69) is 59.6 Å². The molecule has 2 aromatic rings. The Kier molecular flexibility index (Phi) is 6.44. The van der Waals surface area contributed by atoms with E-state index < -0.39 is 0 Å². The van der Waals surface area contributed by atoms with Crippen LogP contribution in [0.2, 0.25) is 0 Å². The van der Waals surface area contributed by atoms with Gasteiger partial charge in [-0.1, -0.05) is 44.2 Å². The molecule has 0 aliphatic heterocycles. The molecule has 0 aliphatic carbocycles. The first kappa shape index (κ1) is 15.7. The van der Waals surface area contributed by atoms with Crippen LogP contribution in [-0.2, 0) is 6.54 Å². The minimum Gasteiger partial charge on any atom is -0.314 e. The molecule has 1 aromatic carbocycles. The van der Waals surface area contributed by atoms with E-state index in [-0.39, 0.29) is 0 Å². The third-order valence-electron chi connectivity index (χ3n) is 3.76. The maximum Gasteiger partial charge on any atom is 0.0568 e. The lowest BCUT2D eigenvalue weighted by molar-refractivity contribution is 0.301. The highest BCUT2D eigenvalue weighted by Crippen LogP contribution is 2.17. The van der Waals surface area contributed by atoms with Gasteiger partial charge in [-0.15, -0.1) is 0 Å². The highest BCUT2D eigenvalue weighted by Gasteiger charge is 2.01. The van der Waals surface area contributed by atoms with Gasteiger partial charge in [0.2, 0.25) is 0 Å². The fourth-order valence-electron chi connectivity index (χ4n) is 2.36. The molecule has 0 unspecified atom stereocenters. The molecule has 1 heterocycles. The number of hydrogen-bond acceptors (Lipinski definition) is 3. The second-order valence-corrected chi connectivity index (χ2v) is 5.13. The fourth-order valence-corrected chi connectivity index (χ4v) is 2.36.